The van der Waals surface area contributed by atoms with Crippen molar-refractivity contribution in [3.63, 3.8) is 0 Å². The molecule has 1 aliphatic heterocycles. The molecule has 0 aliphatic carbocycles. The summed E-state index contributed by atoms with van der Waals surface area (Å²) < 4.78 is 21.7. The van der Waals surface area contributed by atoms with Crippen molar-refractivity contribution >= 4 is 11.0 Å². The van der Waals surface area contributed by atoms with Gasteiger partial charge in [0.2, 0.25) is 6.29 Å². The Balaban J connectivity index is 1.59. The largest absolute Gasteiger partial charge is 0.507 e. The van der Waals surface area contributed by atoms with E-state index in [4.69, 9.17) is 18.6 Å². The van der Waals surface area contributed by atoms with Crippen LogP contribution in [0.15, 0.2) is 51.7 Å². The third kappa shape index (κ3) is 4.01. The van der Waals surface area contributed by atoms with Gasteiger partial charge in [-0.25, -0.2) is 0 Å². The maximum atomic E-state index is 12.5. The number of aromatic hydroxyl groups is 1. The lowest BCUT2D eigenvalue weighted by molar-refractivity contribution is -0.277. The van der Waals surface area contributed by atoms with Gasteiger partial charge in [-0.3, -0.25) is 4.79 Å². The molecule has 5 N–H and O–H groups in total. The van der Waals surface area contributed by atoms with Gasteiger partial charge >= 0.3 is 0 Å². The van der Waals surface area contributed by atoms with E-state index in [0.717, 1.165) is 0 Å². The minimum atomic E-state index is -1.55. The van der Waals surface area contributed by atoms with Gasteiger partial charge in [0.15, 0.2) is 5.43 Å². The molecule has 0 radical (unpaired) electrons. The minimum Gasteiger partial charge on any atom is -0.507 e. The molecule has 10 heteroatoms. The summed E-state index contributed by atoms with van der Waals surface area (Å²) >= 11 is 0. The maximum Gasteiger partial charge on any atom is 0.229 e. The normalized spacial score (nSPS) is 25.6. The lowest BCUT2D eigenvalue weighted by Crippen LogP contribution is -2.60. The number of hydrogen-bond donors (Lipinski definition) is 5. The third-order valence-electron chi connectivity index (χ3n) is 5.26. The van der Waals surface area contributed by atoms with E-state index in [2.05, 4.69) is 0 Å². The van der Waals surface area contributed by atoms with Gasteiger partial charge in [0.05, 0.1) is 13.7 Å². The molecule has 5 atom stereocenters. The molecule has 1 aromatic heterocycles. The summed E-state index contributed by atoms with van der Waals surface area (Å²) in [5.41, 5.74) is 0.265. The number of hydrogen-bond acceptors (Lipinski definition) is 10. The first-order chi connectivity index (χ1) is 15.3. The van der Waals surface area contributed by atoms with Crippen molar-refractivity contribution in [2.45, 2.75) is 30.7 Å². The number of phenols is 1. The Hall–Kier alpha value is -3.15. The van der Waals surface area contributed by atoms with Gasteiger partial charge in [0.25, 0.3) is 0 Å². The van der Waals surface area contributed by atoms with Crippen LogP contribution in [0, 0.1) is 0 Å². The summed E-state index contributed by atoms with van der Waals surface area (Å²) in [7, 11) is 1.43. The number of fused-ring (bicyclic) bond motifs is 1. The third-order valence-corrected chi connectivity index (χ3v) is 5.26. The predicted molar refractivity (Wildman–Crippen MR) is 111 cm³/mol. The average molecular weight is 446 g/mol. The van der Waals surface area contributed by atoms with E-state index >= 15 is 0 Å². The molecule has 4 rings (SSSR count). The van der Waals surface area contributed by atoms with Crippen molar-refractivity contribution in [3.8, 4) is 28.6 Å². The minimum absolute atomic E-state index is 0.0390. The topological polar surface area (TPSA) is 159 Å². The van der Waals surface area contributed by atoms with Gasteiger partial charge in [-0.2, -0.15) is 0 Å². The van der Waals surface area contributed by atoms with Crippen LogP contribution >= 0.6 is 0 Å². The molecule has 0 saturated carbocycles. The van der Waals surface area contributed by atoms with Gasteiger partial charge in [-0.15, -0.1) is 0 Å². The molecule has 2 heterocycles. The molecule has 170 valence electrons. The van der Waals surface area contributed by atoms with Gasteiger partial charge < -0.3 is 44.2 Å². The van der Waals surface area contributed by atoms with Gasteiger partial charge in [-0.05, 0) is 24.3 Å². The van der Waals surface area contributed by atoms with Crippen LogP contribution in [0.2, 0.25) is 0 Å². The Kier molecular flexibility index (Phi) is 6.04. The van der Waals surface area contributed by atoms with Gasteiger partial charge in [-0.1, -0.05) is 0 Å². The Morgan fingerprint density at radius 1 is 0.969 bits per heavy atom. The Morgan fingerprint density at radius 3 is 2.34 bits per heavy atom. The van der Waals surface area contributed by atoms with Crippen molar-refractivity contribution < 1.29 is 44.2 Å². The summed E-state index contributed by atoms with van der Waals surface area (Å²) in [6, 6.07) is 10.3. The molecule has 32 heavy (non-hydrogen) atoms. The highest BCUT2D eigenvalue weighted by molar-refractivity contribution is 5.86. The molecule has 0 amide bonds. The van der Waals surface area contributed by atoms with Crippen molar-refractivity contribution in [2.24, 2.45) is 0 Å². The first-order valence-corrected chi connectivity index (χ1v) is 9.75. The van der Waals surface area contributed by atoms with E-state index in [1.165, 1.54) is 37.4 Å². The number of aliphatic hydroxyl groups excluding tert-OH is 4. The van der Waals surface area contributed by atoms with E-state index in [1.807, 2.05) is 0 Å². The summed E-state index contributed by atoms with van der Waals surface area (Å²) in [6.07, 6.45) is -6.96. The lowest BCUT2D eigenvalue weighted by atomic mass is 9.99. The molecule has 2 aromatic carbocycles. The van der Waals surface area contributed by atoms with E-state index in [9.17, 15) is 30.3 Å². The second kappa shape index (κ2) is 8.77. The molecule has 1 fully saturated rings. The summed E-state index contributed by atoms with van der Waals surface area (Å²) in [5, 5.41) is 49.2. The number of methoxy groups -OCH3 is 1. The first kappa shape index (κ1) is 22.1. The van der Waals surface area contributed by atoms with Crippen molar-refractivity contribution in [2.75, 3.05) is 13.7 Å². The number of aliphatic hydroxyl groups is 4. The van der Waals surface area contributed by atoms with Crippen LogP contribution in [-0.2, 0) is 4.74 Å². The number of rotatable bonds is 5. The smallest absolute Gasteiger partial charge is 0.229 e. The number of benzene rings is 2. The van der Waals surface area contributed by atoms with Crippen LogP contribution in [0.1, 0.15) is 0 Å². The van der Waals surface area contributed by atoms with Crippen molar-refractivity contribution in [1.82, 2.24) is 0 Å². The van der Waals surface area contributed by atoms with E-state index < -0.39 is 42.7 Å². The van der Waals surface area contributed by atoms with Crippen LogP contribution in [0.25, 0.3) is 22.3 Å². The van der Waals surface area contributed by atoms with E-state index in [0.29, 0.717) is 11.3 Å². The highest BCUT2D eigenvalue weighted by Crippen LogP contribution is 2.32. The second-order valence-electron chi connectivity index (χ2n) is 7.33. The van der Waals surface area contributed by atoms with Crippen molar-refractivity contribution in [3.05, 3.63) is 52.7 Å². The highest BCUT2D eigenvalue weighted by atomic mass is 16.7. The van der Waals surface area contributed by atoms with Crippen LogP contribution in [0.5, 0.6) is 17.2 Å². The second-order valence-corrected chi connectivity index (χ2v) is 7.33. The van der Waals surface area contributed by atoms with Gasteiger partial charge in [0.1, 0.15) is 58.4 Å². The first-order valence-electron chi connectivity index (χ1n) is 9.75. The molecule has 0 unspecified atom stereocenters. The molecule has 10 nitrogen and oxygen atoms in total. The Morgan fingerprint density at radius 2 is 1.69 bits per heavy atom. The van der Waals surface area contributed by atoms with Crippen LogP contribution in [0.4, 0.5) is 0 Å². The highest BCUT2D eigenvalue weighted by Gasteiger charge is 2.44. The number of ether oxygens (including phenoxy) is 3. The zero-order valence-corrected chi connectivity index (χ0v) is 16.9. The molecule has 0 spiro atoms. The summed E-state index contributed by atoms with van der Waals surface area (Å²) in [4.78, 5) is 12.5. The number of phenolic OH excluding ortho intramolecular Hbond substituents is 1. The predicted octanol–water partition coefficient (Wildman–Crippen LogP) is 0.353. The molecule has 1 saturated heterocycles. The summed E-state index contributed by atoms with van der Waals surface area (Å²) in [5.74, 6) is 0.594. The standard InChI is InChI=1S/C22H22O10/c1-29-12-6-13(24)18-14(25)8-15(31-16(18)7-12)10-2-4-11(5-3-10)30-22-21(28)20(27)19(26)17(9-23)32-22/h2-8,17,19-24,26-28H,9H2,1H3/t17-,19+,20+,21-,22-/m0/s1. The summed E-state index contributed by atoms with van der Waals surface area (Å²) in [6.45, 7) is -0.564. The van der Waals surface area contributed by atoms with E-state index in [1.54, 1.807) is 12.1 Å². The maximum absolute atomic E-state index is 12.5. The Labute approximate surface area is 181 Å². The van der Waals surface area contributed by atoms with E-state index in [-0.39, 0.29) is 28.2 Å². The van der Waals surface area contributed by atoms with Crippen LogP contribution in [0.3, 0.4) is 0 Å². The quantitative estimate of drug-likeness (QED) is 0.370. The molecule has 3 aromatic rings. The average Bonchev–Trinajstić information content (AvgIpc) is 2.79. The van der Waals surface area contributed by atoms with Crippen LogP contribution in [-0.4, -0.2) is 70.0 Å². The molecule has 1 aliphatic rings. The van der Waals surface area contributed by atoms with Crippen molar-refractivity contribution in [1.29, 1.82) is 0 Å². The fraction of sp³-hybridized carbons (Fsp3) is 0.318. The fourth-order valence-electron chi connectivity index (χ4n) is 3.50. The van der Waals surface area contributed by atoms with Crippen LogP contribution < -0.4 is 14.9 Å². The zero-order chi connectivity index (χ0) is 23.0. The molecule has 0 bridgehead atoms. The SMILES string of the molecule is COc1cc(O)c2c(=O)cc(-c3ccc(O[C@H]4O[C@@H](CO)[C@@H](O)[C@@H](O)[C@@H]4O)cc3)oc2c1. The van der Waals surface area contributed by atoms with Gasteiger partial charge in [0, 0.05) is 23.8 Å². The monoisotopic (exact) mass is 446 g/mol. The molecular weight excluding hydrogens is 424 g/mol. The zero-order valence-electron chi connectivity index (χ0n) is 16.9. The fourth-order valence-corrected chi connectivity index (χ4v) is 3.50. The molecular formula is C22H22O10. The lowest BCUT2D eigenvalue weighted by Gasteiger charge is -2.39. The Bertz CT molecular complexity index is 1150.